The van der Waals surface area contributed by atoms with Crippen molar-refractivity contribution in [1.29, 1.82) is 0 Å². The van der Waals surface area contributed by atoms with Crippen LogP contribution in [0, 0.1) is 5.92 Å². The van der Waals surface area contributed by atoms with Crippen LogP contribution in [-0.4, -0.2) is 69.6 Å². The minimum Gasteiger partial charge on any atom is -0.493 e. The summed E-state index contributed by atoms with van der Waals surface area (Å²) in [5.41, 5.74) is 0. The van der Waals surface area contributed by atoms with Gasteiger partial charge in [0.15, 0.2) is 9.84 Å². The second kappa shape index (κ2) is 10.3. The number of ether oxygens (including phenoxy) is 1. The van der Waals surface area contributed by atoms with Crippen molar-refractivity contribution in [2.24, 2.45) is 5.92 Å². The Kier molecular flexibility index (Phi) is 7.72. The lowest BCUT2D eigenvalue weighted by Gasteiger charge is -2.33. The quantitative estimate of drug-likeness (QED) is 0.561. The zero-order valence-electron chi connectivity index (χ0n) is 17.8. The monoisotopic (exact) mass is 464 g/mol. The van der Waals surface area contributed by atoms with Crippen LogP contribution in [0.1, 0.15) is 28.9 Å². The molecule has 0 unspecified atom stereocenters. The third-order valence-electron chi connectivity index (χ3n) is 5.38. The maximum atomic E-state index is 12.7. The van der Waals surface area contributed by atoms with Gasteiger partial charge in [0.1, 0.15) is 5.75 Å². The largest absolute Gasteiger partial charge is 0.493 e. The summed E-state index contributed by atoms with van der Waals surface area (Å²) in [5, 5.41) is 1.89. The molecule has 1 saturated heterocycles. The molecule has 2 amide bonds. The van der Waals surface area contributed by atoms with Crippen LogP contribution in [0.15, 0.2) is 46.7 Å². The van der Waals surface area contributed by atoms with E-state index in [1.807, 2.05) is 22.4 Å². The molecule has 31 heavy (non-hydrogen) atoms. The van der Waals surface area contributed by atoms with Gasteiger partial charge in [0.2, 0.25) is 5.91 Å². The van der Waals surface area contributed by atoms with E-state index in [9.17, 15) is 18.0 Å². The highest BCUT2D eigenvalue weighted by Gasteiger charge is 2.29. The van der Waals surface area contributed by atoms with E-state index in [1.165, 1.54) is 23.5 Å². The molecule has 1 fully saturated rings. The van der Waals surface area contributed by atoms with Crippen molar-refractivity contribution >= 4 is 33.0 Å². The molecule has 0 spiro atoms. The van der Waals surface area contributed by atoms with Crippen LogP contribution in [-0.2, 0) is 14.6 Å². The lowest BCUT2D eigenvalue weighted by Crippen LogP contribution is -2.43. The number of hydrogen-bond acceptors (Lipinski definition) is 6. The highest BCUT2D eigenvalue weighted by atomic mass is 32.2. The van der Waals surface area contributed by atoms with E-state index in [2.05, 4.69) is 0 Å². The SMILES string of the molecule is CN(CCCOc1cccc(S(C)(=O)=O)c1)C(=O)C1CCN(C(=O)c2cccs2)CC1. The maximum absolute atomic E-state index is 12.7. The predicted octanol–water partition coefficient (Wildman–Crippen LogP) is 2.93. The van der Waals surface area contributed by atoms with E-state index in [-0.39, 0.29) is 22.6 Å². The Hall–Kier alpha value is -2.39. The number of carbonyl (C=O) groups is 2. The fraction of sp³-hybridized carbons (Fsp3) is 0.455. The molecule has 168 valence electrons. The first-order valence-corrected chi connectivity index (χ1v) is 13.0. The van der Waals surface area contributed by atoms with Gasteiger partial charge in [0, 0.05) is 38.9 Å². The highest BCUT2D eigenvalue weighted by molar-refractivity contribution is 7.90. The van der Waals surface area contributed by atoms with E-state index in [0.717, 1.165) is 11.1 Å². The maximum Gasteiger partial charge on any atom is 0.263 e. The number of amides is 2. The summed E-state index contributed by atoms with van der Waals surface area (Å²) in [5.74, 6) is 0.582. The smallest absolute Gasteiger partial charge is 0.263 e. The van der Waals surface area contributed by atoms with Crippen molar-refractivity contribution in [3.63, 3.8) is 0 Å². The summed E-state index contributed by atoms with van der Waals surface area (Å²) in [6, 6.07) is 10.1. The van der Waals surface area contributed by atoms with Crippen molar-refractivity contribution in [1.82, 2.24) is 9.80 Å². The standard InChI is InChI=1S/C22H28N2O5S2/c1-23(11-5-14-29-18-6-3-7-19(16-18)31(2,27)28)21(25)17-9-12-24(13-10-17)22(26)20-8-4-15-30-20/h3-4,6-8,15-17H,5,9-14H2,1-2H3. The molecular weight excluding hydrogens is 436 g/mol. The molecule has 1 aliphatic rings. The molecule has 0 bridgehead atoms. The molecule has 2 heterocycles. The molecule has 3 rings (SSSR count). The van der Waals surface area contributed by atoms with Gasteiger partial charge in [-0.1, -0.05) is 12.1 Å². The molecule has 0 N–H and O–H groups in total. The summed E-state index contributed by atoms with van der Waals surface area (Å²) in [6.45, 7) is 2.14. The summed E-state index contributed by atoms with van der Waals surface area (Å²) < 4.78 is 28.9. The van der Waals surface area contributed by atoms with Crippen LogP contribution < -0.4 is 4.74 Å². The molecule has 9 heteroatoms. The van der Waals surface area contributed by atoms with E-state index < -0.39 is 9.84 Å². The first-order valence-electron chi connectivity index (χ1n) is 10.3. The fourth-order valence-electron chi connectivity index (χ4n) is 3.59. The highest BCUT2D eigenvalue weighted by Crippen LogP contribution is 2.22. The molecule has 7 nitrogen and oxygen atoms in total. The van der Waals surface area contributed by atoms with Crippen molar-refractivity contribution in [2.45, 2.75) is 24.2 Å². The number of benzene rings is 1. The van der Waals surface area contributed by atoms with Crippen LogP contribution in [0.3, 0.4) is 0 Å². The molecule has 0 radical (unpaired) electrons. The molecule has 2 aromatic rings. The Morgan fingerprint density at radius 2 is 1.94 bits per heavy atom. The van der Waals surface area contributed by atoms with Crippen molar-refractivity contribution in [3.8, 4) is 5.75 Å². The summed E-state index contributed by atoms with van der Waals surface area (Å²) in [7, 11) is -1.48. The van der Waals surface area contributed by atoms with Crippen LogP contribution in [0.25, 0.3) is 0 Å². The van der Waals surface area contributed by atoms with Crippen molar-refractivity contribution in [2.75, 3.05) is 39.5 Å². The van der Waals surface area contributed by atoms with Crippen LogP contribution >= 0.6 is 11.3 Å². The third kappa shape index (κ3) is 6.30. The van der Waals surface area contributed by atoms with Crippen LogP contribution in [0.5, 0.6) is 5.75 Å². The lowest BCUT2D eigenvalue weighted by atomic mass is 9.95. The Morgan fingerprint density at radius 1 is 1.19 bits per heavy atom. The number of piperidine rings is 1. The van der Waals surface area contributed by atoms with E-state index in [4.69, 9.17) is 4.74 Å². The van der Waals surface area contributed by atoms with Crippen molar-refractivity contribution < 1.29 is 22.7 Å². The van der Waals surface area contributed by atoms with Gasteiger partial charge < -0.3 is 14.5 Å². The molecule has 1 aromatic heterocycles. The second-order valence-electron chi connectivity index (χ2n) is 7.75. The summed E-state index contributed by atoms with van der Waals surface area (Å²) in [6.07, 6.45) is 3.15. The van der Waals surface area contributed by atoms with Crippen molar-refractivity contribution in [3.05, 3.63) is 46.7 Å². The number of likely N-dealkylation sites (tertiary alicyclic amines) is 1. The molecule has 0 atom stereocenters. The summed E-state index contributed by atoms with van der Waals surface area (Å²) in [4.78, 5) is 29.7. The fourth-order valence-corrected chi connectivity index (χ4v) is 4.94. The minimum atomic E-state index is -3.27. The number of nitrogens with zero attached hydrogens (tertiary/aromatic N) is 2. The van der Waals surface area contributed by atoms with Gasteiger partial charge in [-0.2, -0.15) is 0 Å². The average molecular weight is 465 g/mol. The number of carbonyl (C=O) groups excluding carboxylic acids is 2. The number of hydrogen-bond donors (Lipinski definition) is 0. The van der Waals surface area contributed by atoms with Crippen LogP contribution in [0.2, 0.25) is 0 Å². The Bertz CT molecular complexity index is 997. The van der Waals surface area contributed by atoms with E-state index in [1.54, 1.807) is 24.1 Å². The molecule has 1 aromatic carbocycles. The lowest BCUT2D eigenvalue weighted by molar-refractivity contribution is -0.135. The Labute approximate surface area is 187 Å². The normalized spacial score (nSPS) is 15.0. The molecule has 1 aliphatic heterocycles. The van der Waals surface area contributed by atoms with Gasteiger partial charge in [0.05, 0.1) is 16.4 Å². The number of sulfone groups is 1. The Balaban J connectivity index is 1.40. The van der Waals surface area contributed by atoms with Gasteiger partial charge in [-0.3, -0.25) is 9.59 Å². The molecule has 0 saturated carbocycles. The van der Waals surface area contributed by atoms with Crippen LogP contribution in [0.4, 0.5) is 0 Å². The minimum absolute atomic E-state index is 0.0475. The predicted molar refractivity (Wildman–Crippen MR) is 120 cm³/mol. The second-order valence-corrected chi connectivity index (χ2v) is 10.7. The third-order valence-corrected chi connectivity index (χ3v) is 7.35. The van der Waals surface area contributed by atoms with Gasteiger partial charge >= 0.3 is 0 Å². The zero-order chi connectivity index (χ0) is 22.4. The zero-order valence-corrected chi connectivity index (χ0v) is 19.5. The first kappa shape index (κ1) is 23.3. The number of rotatable bonds is 8. The van der Waals surface area contributed by atoms with Gasteiger partial charge in [-0.05, 0) is 48.9 Å². The summed E-state index contributed by atoms with van der Waals surface area (Å²) >= 11 is 1.44. The first-order chi connectivity index (χ1) is 14.8. The topological polar surface area (TPSA) is 84.0 Å². The number of thiophene rings is 1. The van der Waals surface area contributed by atoms with Gasteiger partial charge in [-0.15, -0.1) is 11.3 Å². The van der Waals surface area contributed by atoms with E-state index >= 15 is 0 Å². The molecular formula is C22H28N2O5S2. The van der Waals surface area contributed by atoms with Gasteiger partial charge in [-0.25, -0.2) is 8.42 Å². The van der Waals surface area contributed by atoms with E-state index in [0.29, 0.717) is 51.3 Å². The van der Waals surface area contributed by atoms with Gasteiger partial charge in [0.25, 0.3) is 5.91 Å². The average Bonchev–Trinajstić information content (AvgIpc) is 3.30. The molecule has 0 aliphatic carbocycles. The Morgan fingerprint density at radius 3 is 2.58 bits per heavy atom.